The van der Waals surface area contributed by atoms with Crippen molar-refractivity contribution in [2.24, 2.45) is 0 Å². The molecule has 0 bridgehead atoms. The normalized spacial score (nSPS) is 14.7. The summed E-state index contributed by atoms with van der Waals surface area (Å²) in [6.07, 6.45) is 1.67. The van der Waals surface area contributed by atoms with Crippen molar-refractivity contribution >= 4 is 11.8 Å². The molecule has 0 unspecified atom stereocenters. The van der Waals surface area contributed by atoms with Crippen molar-refractivity contribution in [2.45, 2.75) is 13.5 Å². The van der Waals surface area contributed by atoms with Crippen LogP contribution in [0.4, 0.5) is 0 Å². The Morgan fingerprint density at radius 3 is 2.42 bits per heavy atom. The second-order valence-electron chi connectivity index (χ2n) is 5.73. The fraction of sp³-hybridized carbons (Fsp3) is 0.353. The van der Waals surface area contributed by atoms with Gasteiger partial charge >= 0.3 is 0 Å². The van der Waals surface area contributed by atoms with Crippen LogP contribution in [0.25, 0.3) is 0 Å². The molecule has 7 nitrogen and oxygen atoms in total. The van der Waals surface area contributed by atoms with Gasteiger partial charge in [0.15, 0.2) is 5.76 Å². The molecular formula is C17H19N3O4. The molecule has 3 rings (SSSR count). The van der Waals surface area contributed by atoms with Gasteiger partial charge in [-0.2, -0.15) is 0 Å². The van der Waals surface area contributed by atoms with Gasteiger partial charge in [0.2, 0.25) is 5.91 Å². The summed E-state index contributed by atoms with van der Waals surface area (Å²) in [5.41, 5.74) is -0.123. The molecule has 0 aromatic carbocycles. The number of carbonyl (C=O) groups excluding carboxylic acids is 2. The van der Waals surface area contributed by atoms with Crippen LogP contribution in [-0.4, -0.2) is 52.4 Å². The van der Waals surface area contributed by atoms with Gasteiger partial charge in [0.05, 0.1) is 6.54 Å². The summed E-state index contributed by atoms with van der Waals surface area (Å²) in [5.74, 6) is 0.639. The fourth-order valence-electron chi connectivity index (χ4n) is 2.72. The van der Waals surface area contributed by atoms with Crippen molar-refractivity contribution in [1.82, 2.24) is 14.4 Å². The van der Waals surface area contributed by atoms with Gasteiger partial charge in [0, 0.05) is 45.4 Å². The van der Waals surface area contributed by atoms with Crippen LogP contribution in [0.1, 0.15) is 23.2 Å². The first-order chi connectivity index (χ1) is 11.5. The Labute approximate surface area is 139 Å². The van der Waals surface area contributed by atoms with Crippen molar-refractivity contribution in [3.63, 3.8) is 0 Å². The maximum atomic E-state index is 12.5. The van der Waals surface area contributed by atoms with E-state index in [1.807, 2.05) is 0 Å². The first-order valence-electron chi connectivity index (χ1n) is 7.83. The van der Waals surface area contributed by atoms with Crippen molar-refractivity contribution in [1.29, 1.82) is 0 Å². The minimum Gasteiger partial charge on any atom is -0.454 e. The average Bonchev–Trinajstić information content (AvgIpc) is 3.05. The Hall–Kier alpha value is -2.83. The van der Waals surface area contributed by atoms with Gasteiger partial charge in [-0.05, 0) is 18.2 Å². The van der Waals surface area contributed by atoms with Gasteiger partial charge < -0.3 is 18.8 Å². The van der Waals surface area contributed by atoms with E-state index in [0.29, 0.717) is 31.9 Å². The molecule has 1 aliphatic heterocycles. The molecule has 0 aliphatic carbocycles. The largest absolute Gasteiger partial charge is 0.454 e. The third-order valence-corrected chi connectivity index (χ3v) is 4.11. The van der Waals surface area contributed by atoms with Gasteiger partial charge in [0.25, 0.3) is 11.5 Å². The van der Waals surface area contributed by atoms with Gasteiger partial charge in [-0.1, -0.05) is 6.07 Å². The second kappa shape index (κ2) is 6.74. The van der Waals surface area contributed by atoms with Gasteiger partial charge in [-0.15, -0.1) is 0 Å². The zero-order chi connectivity index (χ0) is 17.1. The molecule has 2 amide bonds. The number of rotatable bonds is 3. The van der Waals surface area contributed by atoms with Gasteiger partial charge in [-0.3, -0.25) is 14.4 Å². The zero-order valence-corrected chi connectivity index (χ0v) is 13.5. The topological polar surface area (TPSA) is 75.8 Å². The van der Waals surface area contributed by atoms with Crippen LogP contribution in [0.15, 0.2) is 45.7 Å². The molecule has 0 N–H and O–H groups in total. The standard InChI is InChI=1S/C17H19N3O4/c1-13(21)18-8-10-19(11-9-18)17(23)15-6-5-14(24-15)12-20-7-3-2-4-16(20)22/h2-7H,8-12H2,1H3. The predicted octanol–water partition coefficient (Wildman–Crippen LogP) is 0.794. The van der Waals surface area contributed by atoms with Crippen molar-refractivity contribution in [2.75, 3.05) is 26.2 Å². The van der Waals surface area contributed by atoms with Crippen LogP contribution in [0.3, 0.4) is 0 Å². The molecule has 7 heteroatoms. The molecule has 3 heterocycles. The maximum Gasteiger partial charge on any atom is 0.289 e. The summed E-state index contributed by atoms with van der Waals surface area (Å²) in [6.45, 7) is 3.87. The van der Waals surface area contributed by atoms with Crippen LogP contribution >= 0.6 is 0 Å². The number of hydrogen-bond donors (Lipinski definition) is 0. The highest BCUT2D eigenvalue weighted by Crippen LogP contribution is 2.13. The number of pyridine rings is 1. The van der Waals surface area contributed by atoms with E-state index in [2.05, 4.69) is 0 Å². The number of aromatic nitrogens is 1. The Morgan fingerprint density at radius 2 is 1.75 bits per heavy atom. The van der Waals surface area contributed by atoms with Crippen molar-refractivity contribution < 1.29 is 14.0 Å². The molecule has 1 fully saturated rings. The van der Waals surface area contributed by atoms with E-state index in [4.69, 9.17) is 4.42 Å². The number of nitrogens with zero attached hydrogens (tertiary/aromatic N) is 3. The summed E-state index contributed by atoms with van der Waals surface area (Å²) in [6, 6.07) is 8.26. The highest BCUT2D eigenvalue weighted by molar-refractivity contribution is 5.91. The quantitative estimate of drug-likeness (QED) is 0.834. The first kappa shape index (κ1) is 16.0. The van der Waals surface area contributed by atoms with Crippen molar-refractivity contribution in [3.8, 4) is 0 Å². The number of carbonyl (C=O) groups is 2. The number of hydrogen-bond acceptors (Lipinski definition) is 4. The van der Waals surface area contributed by atoms with E-state index in [1.165, 1.54) is 17.6 Å². The van der Waals surface area contributed by atoms with Crippen LogP contribution < -0.4 is 5.56 Å². The lowest BCUT2D eigenvalue weighted by molar-refractivity contribution is -0.130. The SMILES string of the molecule is CC(=O)N1CCN(C(=O)c2ccc(Cn3ccccc3=O)o2)CC1. The fourth-order valence-corrected chi connectivity index (χ4v) is 2.72. The second-order valence-corrected chi connectivity index (χ2v) is 5.73. The highest BCUT2D eigenvalue weighted by Gasteiger charge is 2.25. The van der Waals surface area contributed by atoms with E-state index < -0.39 is 0 Å². The van der Waals surface area contributed by atoms with Gasteiger partial charge in [0.1, 0.15) is 5.76 Å². The average molecular weight is 329 g/mol. The predicted molar refractivity (Wildman–Crippen MR) is 86.7 cm³/mol. The summed E-state index contributed by atoms with van der Waals surface area (Å²) in [7, 11) is 0. The molecule has 0 atom stereocenters. The molecule has 2 aromatic heterocycles. The van der Waals surface area contributed by atoms with E-state index in [0.717, 1.165) is 0 Å². The molecule has 2 aromatic rings. The Balaban J connectivity index is 1.65. The van der Waals surface area contributed by atoms with E-state index in [-0.39, 0.29) is 29.7 Å². The molecule has 24 heavy (non-hydrogen) atoms. The minimum atomic E-state index is -0.190. The number of amides is 2. The lowest BCUT2D eigenvalue weighted by atomic mass is 10.3. The summed E-state index contributed by atoms with van der Waals surface area (Å²) >= 11 is 0. The lowest BCUT2D eigenvalue weighted by Gasteiger charge is -2.33. The van der Waals surface area contributed by atoms with E-state index in [9.17, 15) is 14.4 Å². The number of piperazine rings is 1. The smallest absolute Gasteiger partial charge is 0.289 e. The minimum absolute atomic E-state index is 0.0238. The summed E-state index contributed by atoms with van der Waals surface area (Å²) in [4.78, 5) is 38.9. The maximum absolute atomic E-state index is 12.5. The molecule has 126 valence electrons. The molecule has 1 saturated heterocycles. The molecule has 1 aliphatic rings. The first-order valence-corrected chi connectivity index (χ1v) is 7.83. The van der Waals surface area contributed by atoms with Crippen molar-refractivity contribution in [3.05, 3.63) is 58.4 Å². The molecular weight excluding hydrogens is 310 g/mol. The van der Waals surface area contributed by atoms with Crippen LogP contribution in [0.2, 0.25) is 0 Å². The molecule has 0 radical (unpaired) electrons. The summed E-state index contributed by atoms with van der Waals surface area (Å²) in [5, 5.41) is 0. The van der Waals surface area contributed by atoms with E-state index >= 15 is 0 Å². The number of furan rings is 1. The Bertz CT molecular complexity index is 800. The van der Waals surface area contributed by atoms with Gasteiger partial charge in [-0.25, -0.2) is 0 Å². The third-order valence-electron chi connectivity index (χ3n) is 4.11. The monoisotopic (exact) mass is 329 g/mol. The third kappa shape index (κ3) is 3.40. The van der Waals surface area contributed by atoms with Crippen LogP contribution in [-0.2, 0) is 11.3 Å². The highest BCUT2D eigenvalue weighted by atomic mass is 16.4. The van der Waals surface area contributed by atoms with Crippen LogP contribution in [0, 0.1) is 0 Å². The Kier molecular flexibility index (Phi) is 4.50. The zero-order valence-electron chi connectivity index (χ0n) is 13.5. The Morgan fingerprint density at radius 1 is 1.04 bits per heavy atom. The van der Waals surface area contributed by atoms with E-state index in [1.54, 1.807) is 40.3 Å². The lowest BCUT2D eigenvalue weighted by Crippen LogP contribution is -2.50. The molecule has 0 spiro atoms. The van der Waals surface area contributed by atoms with Crippen LogP contribution in [0.5, 0.6) is 0 Å². The summed E-state index contributed by atoms with van der Waals surface area (Å²) < 4.78 is 7.11. The molecule has 0 saturated carbocycles.